The Labute approximate surface area is 139 Å². The Balaban J connectivity index is 2.01. The monoisotopic (exact) mass is 355 g/mol. The summed E-state index contributed by atoms with van der Waals surface area (Å²) in [4.78, 5) is 12.9. The molecule has 8 heteroatoms. The number of hydrogen-bond acceptors (Lipinski definition) is 4. The molecule has 0 bridgehead atoms. The number of nitrogens with one attached hydrogen (secondary N) is 1. The van der Waals surface area contributed by atoms with Crippen LogP contribution in [0, 0.1) is 0 Å². The number of carbonyl (C=O) groups is 1. The number of fused-ring (bicyclic) bond motifs is 1. The van der Waals surface area contributed by atoms with E-state index in [9.17, 15) is 4.79 Å². The van der Waals surface area contributed by atoms with Crippen molar-refractivity contribution in [1.82, 2.24) is 0 Å². The van der Waals surface area contributed by atoms with Gasteiger partial charge in [0.25, 0.3) is 5.91 Å². The minimum Gasteiger partial charge on any atom is -0.319 e. The quantitative estimate of drug-likeness (QED) is 0.605. The van der Waals surface area contributed by atoms with Gasteiger partial charge in [0.2, 0.25) is 0 Å². The second-order valence-corrected chi connectivity index (χ2v) is 5.97. The standard InChI is InChI=1S/C13H7Cl2N3OS2/c14-7-5-8(15)11-12(18-21-17-11)10(7)16-13(19)6-3-1-2-4-9(6)20/h1-5,20H,(H,16,19). The molecule has 1 N–H and O–H groups in total. The van der Waals surface area contributed by atoms with Gasteiger partial charge in [-0.2, -0.15) is 8.73 Å². The summed E-state index contributed by atoms with van der Waals surface area (Å²) < 4.78 is 8.23. The van der Waals surface area contributed by atoms with Gasteiger partial charge in [-0.15, -0.1) is 12.6 Å². The highest BCUT2D eigenvalue weighted by Gasteiger charge is 2.21. The van der Waals surface area contributed by atoms with Gasteiger partial charge >= 0.3 is 0 Å². The fraction of sp³-hybridized carbons (Fsp3) is 0. The van der Waals surface area contributed by atoms with Gasteiger partial charge < -0.3 is 5.32 Å². The third-order valence-corrected chi connectivity index (χ3v) is 4.34. The number of nitrogens with zero attached hydrogens (tertiary/aromatic N) is 2. The van der Waals surface area contributed by atoms with Crippen LogP contribution in [0.15, 0.2) is 44.0 Å². The third kappa shape index (κ3) is 2.72. The molecule has 0 atom stereocenters. The minimum atomic E-state index is -0.320. The molecule has 0 aliphatic carbocycles. The zero-order valence-electron chi connectivity index (χ0n) is 10.3. The lowest BCUT2D eigenvalue weighted by atomic mass is 10.2. The first kappa shape index (κ1) is 14.6. The summed E-state index contributed by atoms with van der Waals surface area (Å²) in [6.45, 7) is 0. The summed E-state index contributed by atoms with van der Waals surface area (Å²) in [6.07, 6.45) is 0. The Bertz CT molecular complexity index is 832. The number of amides is 1. The molecule has 1 amide bonds. The molecule has 0 unspecified atom stereocenters. The van der Waals surface area contributed by atoms with Gasteiger partial charge in [-0.3, -0.25) is 4.79 Å². The average Bonchev–Trinajstić information content (AvgIpc) is 2.93. The van der Waals surface area contributed by atoms with Gasteiger partial charge in [0.05, 0.1) is 32.7 Å². The summed E-state index contributed by atoms with van der Waals surface area (Å²) in [7, 11) is 0. The Kier molecular flexibility index (Phi) is 4.03. The summed E-state index contributed by atoms with van der Waals surface area (Å²) in [5.41, 5.74) is 1.83. The first-order valence-electron chi connectivity index (χ1n) is 5.77. The largest absolute Gasteiger partial charge is 0.319 e. The van der Waals surface area contributed by atoms with Gasteiger partial charge in [0.15, 0.2) is 0 Å². The van der Waals surface area contributed by atoms with Crippen LogP contribution < -0.4 is 5.32 Å². The van der Waals surface area contributed by atoms with Crippen LogP contribution in [-0.4, -0.2) is 5.91 Å². The lowest BCUT2D eigenvalue weighted by Crippen LogP contribution is -2.13. The van der Waals surface area contributed by atoms with Crippen molar-refractivity contribution in [1.29, 1.82) is 0 Å². The molecule has 1 aliphatic heterocycles. The second kappa shape index (κ2) is 5.81. The first-order chi connectivity index (χ1) is 10.1. The maximum absolute atomic E-state index is 12.3. The van der Waals surface area contributed by atoms with E-state index in [4.69, 9.17) is 23.2 Å². The van der Waals surface area contributed by atoms with Gasteiger partial charge in [-0.05, 0) is 18.2 Å². The van der Waals surface area contributed by atoms with E-state index < -0.39 is 0 Å². The molecule has 2 aromatic carbocycles. The summed E-state index contributed by atoms with van der Waals surface area (Å²) >= 11 is 17.5. The summed E-state index contributed by atoms with van der Waals surface area (Å²) in [6, 6.07) is 8.52. The van der Waals surface area contributed by atoms with Crippen LogP contribution in [0.1, 0.15) is 10.4 Å². The van der Waals surface area contributed by atoms with E-state index in [0.29, 0.717) is 37.6 Å². The zero-order valence-corrected chi connectivity index (χ0v) is 13.5. The molecule has 21 heavy (non-hydrogen) atoms. The van der Waals surface area contributed by atoms with Crippen molar-refractivity contribution in [3.05, 3.63) is 45.9 Å². The minimum absolute atomic E-state index is 0.310. The number of thiol groups is 1. The van der Waals surface area contributed by atoms with E-state index in [1.54, 1.807) is 24.3 Å². The van der Waals surface area contributed by atoms with Crippen molar-refractivity contribution < 1.29 is 4.79 Å². The number of anilines is 1. The Morgan fingerprint density at radius 2 is 1.86 bits per heavy atom. The van der Waals surface area contributed by atoms with Crippen LogP contribution in [0.5, 0.6) is 0 Å². The van der Waals surface area contributed by atoms with Crippen molar-refractivity contribution in [2.24, 2.45) is 8.73 Å². The van der Waals surface area contributed by atoms with E-state index in [1.165, 1.54) is 6.07 Å². The zero-order chi connectivity index (χ0) is 15.0. The van der Waals surface area contributed by atoms with Crippen molar-refractivity contribution in [2.75, 3.05) is 5.32 Å². The third-order valence-electron chi connectivity index (χ3n) is 2.83. The lowest BCUT2D eigenvalue weighted by molar-refractivity contribution is 0.102. The van der Waals surface area contributed by atoms with Crippen LogP contribution in [0.4, 0.5) is 17.1 Å². The number of benzene rings is 2. The normalized spacial score (nSPS) is 12.0. The number of rotatable bonds is 2. The molecule has 0 radical (unpaired) electrons. The average molecular weight is 356 g/mol. The molecule has 4 nitrogen and oxygen atoms in total. The lowest BCUT2D eigenvalue weighted by Gasteiger charge is -2.11. The maximum atomic E-state index is 12.3. The molecular formula is C13H7Cl2N3OS2. The smallest absolute Gasteiger partial charge is 0.256 e. The first-order valence-corrected chi connectivity index (χ1v) is 7.71. The molecule has 1 heterocycles. The highest BCUT2D eigenvalue weighted by atomic mass is 35.5. The van der Waals surface area contributed by atoms with Crippen molar-refractivity contribution in [2.45, 2.75) is 4.90 Å². The van der Waals surface area contributed by atoms with Gasteiger partial charge in [0.1, 0.15) is 11.4 Å². The van der Waals surface area contributed by atoms with Crippen LogP contribution in [0.2, 0.25) is 10.0 Å². The van der Waals surface area contributed by atoms with Crippen LogP contribution >= 0.6 is 35.8 Å². The number of carbonyl (C=O) groups excluding carboxylic acids is 1. The molecule has 3 rings (SSSR count). The topological polar surface area (TPSA) is 53.8 Å². The van der Waals surface area contributed by atoms with Crippen molar-refractivity contribution in [3.63, 3.8) is 0 Å². The van der Waals surface area contributed by atoms with Crippen molar-refractivity contribution in [3.8, 4) is 0 Å². The summed E-state index contributed by atoms with van der Waals surface area (Å²) in [5, 5.41) is 3.46. The highest BCUT2D eigenvalue weighted by Crippen LogP contribution is 2.47. The van der Waals surface area contributed by atoms with Crippen LogP contribution in [0.25, 0.3) is 0 Å². The van der Waals surface area contributed by atoms with Gasteiger partial charge in [-0.1, -0.05) is 35.3 Å². The molecule has 0 saturated carbocycles. The van der Waals surface area contributed by atoms with Crippen LogP contribution in [-0.2, 0) is 11.4 Å². The molecule has 1 aliphatic rings. The van der Waals surface area contributed by atoms with Gasteiger partial charge in [-0.25, -0.2) is 0 Å². The SMILES string of the molecule is O=C(Nc1c(Cl)cc(Cl)c2c1N=S=N2)c1ccccc1S. The van der Waals surface area contributed by atoms with E-state index in [2.05, 4.69) is 26.7 Å². The van der Waals surface area contributed by atoms with Crippen LogP contribution in [0.3, 0.4) is 0 Å². The molecule has 0 fully saturated rings. The van der Waals surface area contributed by atoms with E-state index >= 15 is 0 Å². The maximum Gasteiger partial charge on any atom is 0.256 e. The number of halogens is 2. The van der Waals surface area contributed by atoms with Crippen molar-refractivity contribution >= 4 is 70.2 Å². The molecule has 0 saturated heterocycles. The predicted octanol–water partition coefficient (Wildman–Crippen LogP) is 5.26. The fourth-order valence-corrected chi connectivity index (χ4v) is 3.26. The molecule has 106 valence electrons. The molecule has 0 aromatic heterocycles. The fourth-order valence-electron chi connectivity index (χ4n) is 1.84. The Hall–Kier alpha value is -1.34. The van der Waals surface area contributed by atoms with Gasteiger partial charge in [0, 0.05) is 4.90 Å². The predicted molar refractivity (Wildman–Crippen MR) is 89.7 cm³/mol. The summed E-state index contributed by atoms with van der Waals surface area (Å²) in [5.74, 6) is -0.320. The molecular weight excluding hydrogens is 349 g/mol. The van der Waals surface area contributed by atoms with E-state index in [1.807, 2.05) is 0 Å². The number of hydrogen-bond donors (Lipinski definition) is 2. The molecule has 2 aromatic rings. The Morgan fingerprint density at radius 1 is 1.14 bits per heavy atom. The van der Waals surface area contributed by atoms with E-state index in [0.717, 1.165) is 11.4 Å². The Morgan fingerprint density at radius 3 is 2.62 bits per heavy atom. The second-order valence-electron chi connectivity index (χ2n) is 4.15. The molecule has 0 spiro atoms. The highest BCUT2D eigenvalue weighted by molar-refractivity contribution is 7.80. The van der Waals surface area contributed by atoms with E-state index in [-0.39, 0.29) is 5.91 Å².